The SMILES string of the molecule is CNCOCCNC(=O)OCCN1CCN(C2=Nc3ccccc3Sc3ccccc32)CC1. The van der Waals surface area contributed by atoms with E-state index in [2.05, 4.69) is 62.9 Å². The molecule has 1 fully saturated rings. The number of carbonyl (C=O) groups is 1. The zero-order valence-corrected chi connectivity index (χ0v) is 19.8. The molecular weight excluding hydrogens is 438 g/mol. The Morgan fingerprint density at radius 3 is 2.61 bits per heavy atom. The van der Waals surface area contributed by atoms with Gasteiger partial charge in [0.15, 0.2) is 0 Å². The molecule has 2 N–H and O–H groups in total. The highest BCUT2D eigenvalue weighted by atomic mass is 32.2. The minimum atomic E-state index is -0.401. The second kappa shape index (κ2) is 12.0. The third-order valence-electron chi connectivity index (χ3n) is 5.51. The maximum Gasteiger partial charge on any atom is 0.407 e. The van der Waals surface area contributed by atoms with E-state index in [0.29, 0.717) is 26.5 Å². The molecule has 4 rings (SSSR count). The summed E-state index contributed by atoms with van der Waals surface area (Å²) in [7, 11) is 1.81. The number of nitrogens with one attached hydrogen (secondary N) is 2. The average Bonchev–Trinajstić information content (AvgIpc) is 3.01. The number of rotatable bonds is 8. The van der Waals surface area contributed by atoms with Crippen LogP contribution in [0.1, 0.15) is 5.56 Å². The lowest BCUT2D eigenvalue weighted by molar-refractivity contribution is 0.102. The lowest BCUT2D eigenvalue weighted by Gasteiger charge is -2.36. The normalized spacial score (nSPS) is 15.8. The van der Waals surface area contributed by atoms with Crippen molar-refractivity contribution < 1.29 is 14.3 Å². The van der Waals surface area contributed by atoms with E-state index in [1.165, 1.54) is 15.4 Å². The van der Waals surface area contributed by atoms with Crippen LogP contribution in [0.25, 0.3) is 0 Å². The van der Waals surface area contributed by atoms with E-state index < -0.39 is 6.09 Å². The fourth-order valence-corrected chi connectivity index (χ4v) is 4.83. The van der Waals surface area contributed by atoms with Crippen LogP contribution in [0.4, 0.5) is 10.5 Å². The molecule has 0 saturated carbocycles. The number of benzene rings is 2. The number of amidine groups is 1. The summed E-state index contributed by atoms with van der Waals surface area (Å²) in [6.07, 6.45) is -0.401. The Balaban J connectivity index is 1.27. The molecule has 9 heteroatoms. The first-order valence-corrected chi connectivity index (χ1v) is 12.1. The maximum atomic E-state index is 11.8. The largest absolute Gasteiger partial charge is 0.448 e. The molecule has 1 saturated heterocycles. The zero-order valence-electron chi connectivity index (χ0n) is 19.0. The number of fused-ring (bicyclic) bond motifs is 2. The molecule has 2 aromatic carbocycles. The number of alkyl carbamates (subject to hydrolysis) is 1. The van der Waals surface area contributed by atoms with Gasteiger partial charge in [-0.05, 0) is 25.2 Å². The van der Waals surface area contributed by atoms with Crippen molar-refractivity contribution in [1.82, 2.24) is 20.4 Å². The molecule has 0 aliphatic carbocycles. The van der Waals surface area contributed by atoms with Crippen molar-refractivity contribution >= 4 is 29.4 Å². The Morgan fingerprint density at radius 2 is 1.79 bits per heavy atom. The van der Waals surface area contributed by atoms with Crippen LogP contribution in [0.15, 0.2) is 63.3 Å². The summed E-state index contributed by atoms with van der Waals surface area (Å²) < 4.78 is 10.5. The van der Waals surface area contributed by atoms with E-state index in [0.717, 1.165) is 44.2 Å². The topological polar surface area (TPSA) is 78.4 Å². The van der Waals surface area contributed by atoms with Crippen molar-refractivity contribution in [3.8, 4) is 0 Å². The summed E-state index contributed by atoms with van der Waals surface area (Å²) in [6.45, 7) is 6.02. The van der Waals surface area contributed by atoms with Crippen molar-refractivity contribution in [3.63, 3.8) is 0 Å². The van der Waals surface area contributed by atoms with E-state index >= 15 is 0 Å². The van der Waals surface area contributed by atoms with Gasteiger partial charge in [0.1, 0.15) is 12.4 Å². The Bertz CT molecular complexity index is 963. The Kier molecular flexibility index (Phi) is 8.59. The van der Waals surface area contributed by atoms with Crippen LogP contribution in [0.3, 0.4) is 0 Å². The first-order valence-electron chi connectivity index (χ1n) is 11.3. The molecule has 2 aliphatic rings. The second-order valence-corrected chi connectivity index (χ2v) is 8.88. The maximum absolute atomic E-state index is 11.8. The Hall–Kier alpha value is -2.59. The standard InChI is InChI=1S/C24H31N5O3S/c1-25-18-31-16-10-26-24(30)32-17-15-28-11-13-29(14-12-28)23-19-6-2-4-8-21(19)33-22-9-5-3-7-20(22)27-23/h2-9,25H,10-18H2,1H3,(H,26,30). The lowest BCUT2D eigenvalue weighted by Crippen LogP contribution is -2.49. The predicted octanol–water partition coefficient (Wildman–Crippen LogP) is 2.77. The van der Waals surface area contributed by atoms with E-state index in [9.17, 15) is 4.79 Å². The van der Waals surface area contributed by atoms with Crippen LogP contribution in [0.5, 0.6) is 0 Å². The van der Waals surface area contributed by atoms with Crippen LogP contribution in [0, 0.1) is 0 Å². The monoisotopic (exact) mass is 469 g/mol. The number of ether oxygens (including phenoxy) is 2. The van der Waals surface area contributed by atoms with Gasteiger partial charge in [-0.1, -0.05) is 42.1 Å². The Morgan fingerprint density at radius 1 is 1.03 bits per heavy atom. The molecule has 0 atom stereocenters. The third kappa shape index (κ3) is 6.48. The van der Waals surface area contributed by atoms with Gasteiger partial charge in [0, 0.05) is 54.6 Å². The Labute approximate surface area is 199 Å². The van der Waals surface area contributed by atoms with Crippen molar-refractivity contribution in [1.29, 1.82) is 0 Å². The summed E-state index contributed by atoms with van der Waals surface area (Å²) in [5.41, 5.74) is 2.21. The van der Waals surface area contributed by atoms with Gasteiger partial charge in [0.25, 0.3) is 0 Å². The van der Waals surface area contributed by atoms with Crippen LogP contribution in [-0.4, -0.2) is 88.0 Å². The molecule has 0 unspecified atom stereocenters. The lowest BCUT2D eigenvalue weighted by atomic mass is 10.1. The van der Waals surface area contributed by atoms with Gasteiger partial charge in [-0.15, -0.1) is 0 Å². The van der Waals surface area contributed by atoms with Crippen LogP contribution < -0.4 is 10.6 Å². The number of amides is 1. The van der Waals surface area contributed by atoms with Gasteiger partial charge in [-0.3, -0.25) is 10.2 Å². The highest BCUT2D eigenvalue weighted by molar-refractivity contribution is 7.99. The second-order valence-electron chi connectivity index (χ2n) is 7.80. The molecule has 0 aromatic heterocycles. The molecule has 0 spiro atoms. The van der Waals surface area contributed by atoms with Crippen molar-refractivity contribution in [3.05, 3.63) is 54.1 Å². The number of piperazine rings is 1. The summed E-state index contributed by atoms with van der Waals surface area (Å²) in [5, 5.41) is 5.57. The fourth-order valence-electron chi connectivity index (χ4n) is 3.81. The predicted molar refractivity (Wildman–Crippen MR) is 130 cm³/mol. The number of carbonyl (C=O) groups excluding carboxylic acids is 1. The first kappa shape index (κ1) is 23.6. The van der Waals surface area contributed by atoms with E-state index in [4.69, 9.17) is 14.5 Å². The van der Waals surface area contributed by atoms with Gasteiger partial charge >= 0.3 is 6.09 Å². The van der Waals surface area contributed by atoms with Crippen molar-refractivity contribution in [2.75, 3.05) is 66.3 Å². The highest BCUT2D eigenvalue weighted by Gasteiger charge is 2.25. The molecule has 2 heterocycles. The van der Waals surface area contributed by atoms with Gasteiger partial charge in [0.2, 0.25) is 0 Å². The fraction of sp³-hybridized carbons (Fsp3) is 0.417. The van der Waals surface area contributed by atoms with E-state index in [1.54, 1.807) is 11.8 Å². The van der Waals surface area contributed by atoms with E-state index in [1.807, 2.05) is 13.1 Å². The van der Waals surface area contributed by atoms with Crippen LogP contribution in [0.2, 0.25) is 0 Å². The quantitative estimate of drug-likeness (QED) is 0.455. The third-order valence-corrected chi connectivity index (χ3v) is 6.66. The number of nitrogens with zero attached hydrogens (tertiary/aromatic N) is 3. The molecule has 8 nitrogen and oxygen atoms in total. The molecule has 176 valence electrons. The average molecular weight is 470 g/mol. The molecule has 33 heavy (non-hydrogen) atoms. The van der Waals surface area contributed by atoms with Crippen LogP contribution >= 0.6 is 11.8 Å². The van der Waals surface area contributed by atoms with Gasteiger partial charge in [-0.25, -0.2) is 9.79 Å². The van der Waals surface area contributed by atoms with Crippen molar-refractivity contribution in [2.24, 2.45) is 4.99 Å². The molecule has 0 radical (unpaired) electrons. The number of para-hydroxylation sites is 1. The summed E-state index contributed by atoms with van der Waals surface area (Å²) in [6, 6.07) is 16.8. The van der Waals surface area contributed by atoms with Crippen molar-refractivity contribution in [2.45, 2.75) is 9.79 Å². The summed E-state index contributed by atoms with van der Waals surface area (Å²) in [5.74, 6) is 1.04. The van der Waals surface area contributed by atoms with Gasteiger partial charge < -0.3 is 19.7 Å². The molecule has 2 aliphatic heterocycles. The molecule has 2 aromatic rings. The van der Waals surface area contributed by atoms with E-state index in [-0.39, 0.29) is 0 Å². The summed E-state index contributed by atoms with van der Waals surface area (Å²) >= 11 is 1.78. The minimum Gasteiger partial charge on any atom is -0.448 e. The van der Waals surface area contributed by atoms with Gasteiger partial charge in [-0.2, -0.15) is 0 Å². The minimum absolute atomic E-state index is 0.372. The highest BCUT2D eigenvalue weighted by Crippen LogP contribution is 2.40. The number of hydrogen-bond acceptors (Lipinski definition) is 8. The zero-order chi connectivity index (χ0) is 22.9. The molecule has 0 bridgehead atoms. The molecular formula is C24H31N5O3S. The molecule has 1 amide bonds. The summed E-state index contributed by atoms with van der Waals surface area (Å²) in [4.78, 5) is 24.0. The number of aliphatic imine (C=N–C) groups is 1. The smallest absolute Gasteiger partial charge is 0.407 e. The number of hydrogen-bond donors (Lipinski definition) is 2. The van der Waals surface area contributed by atoms with Gasteiger partial charge in [0.05, 0.1) is 19.0 Å². The van der Waals surface area contributed by atoms with Crippen LogP contribution in [-0.2, 0) is 9.47 Å². The first-order chi connectivity index (χ1) is 16.2.